The number of rotatable bonds is 8. The number of ether oxygens (including phenoxy) is 1. The van der Waals surface area contributed by atoms with Crippen LogP contribution in [0.5, 0.6) is 0 Å². The van der Waals surface area contributed by atoms with Crippen LogP contribution in [0.15, 0.2) is 0 Å². The Morgan fingerprint density at radius 1 is 1.06 bits per heavy atom. The Morgan fingerprint density at radius 3 is 2.28 bits per heavy atom. The molecular formula is C16H33NO. The predicted octanol–water partition coefficient (Wildman–Crippen LogP) is 4.41. The summed E-state index contributed by atoms with van der Waals surface area (Å²) >= 11 is 0. The van der Waals surface area contributed by atoms with Crippen molar-refractivity contribution in [3.8, 4) is 0 Å². The van der Waals surface area contributed by atoms with E-state index in [-0.39, 0.29) is 5.60 Å². The van der Waals surface area contributed by atoms with Crippen LogP contribution in [0.25, 0.3) is 0 Å². The van der Waals surface area contributed by atoms with Crippen LogP contribution in [0.1, 0.15) is 84.5 Å². The van der Waals surface area contributed by atoms with Crippen LogP contribution in [0.2, 0.25) is 0 Å². The lowest BCUT2D eigenvalue weighted by atomic mass is 9.93. The number of hydrogen-bond donors (Lipinski definition) is 1. The Labute approximate surface area is 114 Å². The summed E-state index contributed by atoms with van der Waals surface area (Å²) in [7, 11) is 0. The van der Waals surface area contributed by atoms with Crippen molar-refractivity contribution in [3.63, 3.8) is 0 Å². The Kier molecular flexibility index (Phi) is 7.92. The molecule has 0 aliphatic heterocycles. The van der Waals surface area contributed by atoms with Crippen LogP contribution in [0.3, 0.4) is 0 Å². The van der Waals surface area contributed by atoms with Gasteiger partial charge >= 0.3 is 0 Å². The molecule has 1 saturated carbocycles. The van der Waals surface area contributed by atoms with Gasteiger partial charge in [-0.3, -0.25) is 0 Å². The predicted molar refractivity (Wildman–Crippen MR) is 78.8 cm³/mol. The van der Waals surface area contributed by atoms with Gasteiger partial charge in [0.15, 0.2) is 0 Å². The summed E-state index contributed by atoms with van der Waals surface area (Å²) in [6.45, 7) is 5.19. The van der Waals surface area contributed by atoms with Crippen molar-refractivity contribution in [2.45, 2.75) is 96.2 Å². The molecule has 2 N–H and O–H groups in total. The number of nitrogens with two attached hydrogens (primary N) is 1. The van der Waals surface area contributed by atoms with Crippen LogP contribution in [-0.4, -0.2) is 18.2 Å². The highest BCUT2D eigenvalue weighted by Gasteiger charge is 2.31. The lowest BCUT2D eigenvalue weighted by molar-refractivity contribution is -0.0929. The van der Waals surface area contributed by atoms with Gasteiger partial charge in [-0.05, 0) is 26.2 Å². The third-order valence-corrected chi connectivity index (χ3v) is 4.30. The molecule has 1 aliphatic carbocycles. The van der Waals surface area contributed by atoms with Crippen LogP contribution >= 0.6 is 0 Å². The van der Waals surface area contributed by atoms with Gasteiger partial charge in [0.25, 0.3) is 0 Å². The van der Waals surface area contributed by atoms with Crippen molar-refractivity contribution in [3.05, 3.63) is 0 Å². The first-order valence-corrected chi connectivity index (χ1v) is 8.10. The Balaban J connectivity index is 2.31. The summed E-state index contributed by atoms with van der Waals surface area (Å²) in [5.74, 6) is 0. The van der Waals surface area contributed by atoms with Gasteiger partial charge in [0.05, 0.1) is 11.7 Å². The van der Waals surface area contributed by atoms with Crippen molar-refractivity contribution in [2.75, 3.05) is 6.54 Å². The van der Waals surface area contributed by atoms with Crippen LogP contribution in [-0.2, 0) is 4.74 Å². The van der Waals surface area contributed by atoms with E-state index in [1.54, 1.807) is 0 Å². The number of hydrogen-bond acceptors (Lipinski definition) is 2. The number of unbranched alkanes of at least 4 members (excludes halogenated alkanes) is 3. The lowest BCUT2D eigenvalue weighted by Gasteiger charge is -2.34. The fourth-order valence-corrected chi connectivity index (χ4v) is 3.09. The zero-order valence-electron chi connectivity index (χ0n) is 12.5. The minimum Gasteiger partial charge on any atom is -0.371 e. The Bertz CT molecular complexity index is 197. The third-order valence-electron chi connectivity index (χ3n) is 4.30. The molecule has 0 heterocycles. The van der Waals surface area contributed by atoms with E-state index in [0.29, 0.717) is 12.6 Å². The molecule has 108 valence electrons. The second kappa shape index (κ2) is 8.92. The molecule has 0 aromatic rings. The van der Waals surface area contributed by atoms with Gasteiger partial charge in [0, 0.05) is 6.54 Å². The molecule has 1 atom stereocenters. The molecule has 0 bridgehead atoms. The van der Waals surface area contributed by atoms with Gasteiger partial charge < -0.3 is 10.5 Å². The summed E-state index contributed by atoms with van der Waals surface area (Å²) in [6.07, 6.45) is 14.5. The largest absolute Gasteiger partial charge is 0.371 e. The van der Waals surface area contributed by atoms with E-state index in [4.69, 9.17) is 10.5 Å². The molecule has 1 unspecified atom stereocenters. The minimum atomic E-state index is 0.000668. The van der Waals surface area contributed by atoms with Crippen molar-refractivity contribution in [1.29, 1.82) is 0 Å². The molecule has 1 fully saturated rings. The van der Waals surface area contributed by atoms with Gasteiger partial charge in [0.2, 0.25) is 0 Å². The zero-order valence-corrected chi connectivity index (χ0v) is 12.5. The summed E-state index contributed by atoms with van der Waals surface area (Å²) in [5, 5.41) is 0. The van der Waals surface area contributed by atoms with Gasteiger partial charge in [-0.25, -0.2) is 0 Å². The molecule has 0 saturated heterocycles. The van der Waals surface area contributed by atoms with E-state index in [1.165, 1.54) is 70.6 Å². The molecule has 18 heavy (non-hydrogen) atoms. The molecule has 1 aliphatic rings. The van der Waals surface area contributed by atoms with E-state index in [2.05, 4.69) is 13.8 Å². The second-order valence-corrected chi connectivity index (χ2v) is 6.08. The molecule has 0 radical (unpaired) electrons. The highest BCUT2D eigenvalue weighted by molar-refractivity contribution is 4.85. The van der Waals surface area contributed by atoms with Gasteiger partial charge in [0.1, 0.15) is 0 Å². The zero-order chi connectivity index (χ0) is 13.3. The topological polar surface area (TPSA) is 35.2 Å². The SMILES string of the molecule is CCCCCCC(C)OC1(CN)CCCCCC1. The first kappa shape index (κ1) is 16.0. The molecule has 0 aromatic heterocycles. The minimum absolute atomic E-state index is 0.000668. The van der Waals surface area contributed by atoms with E-state index < -0.39 is 0 Å². The maximum Gasteiger partial charge on any atom is 0.0807 e. The molecular weight excluding hydrogens is 222 g/mol. The monoisotopic (exact) mass is 255 g/mol. The highest BCUT2D eigenvalue weighted by Crippen LogP contribution is 2.31. The molecule has 1 rings (SSSR count). The summed E-state index contributed by atoms with van der Waals surface area (Å²) in [5.41, 5.74) is 6.01. The van der Waals surface area contributed by atoms with Gasteiger partial charge in [-0.15, -0.1) is 0 Å². The van der Waals surface area contributed by atoms with Gasteiger partial charge in [-0.2, -0.15) is 0 Å². The first-order chi connectivity index (χ1) is 8.72. The van der Waals surface area contributed by atoms with Crippen molar-refractivity contribution in [2.24, 2.45) is 5.73 Å². The first-order valence-electron chi connectivity index (χ1n) is 8.10. The van der Waals surface area contributed by atoms with E-state index >= 15 is 0 Å². The second-order valence-electron chi connectivity index (χ2n) is 6.08. The molecule has 2 heteroatoms. The maximum absolute atomic E-state index is 6.36. The normalized spacial score (nSPS) is 21.5. The molecule has 0 amide bonds. The van der Waals surface area contributed by atoms with Crippen molar-refractivity contribution >= 4 is 0 Å². The summed E-state index contributed by atoms with van der Waals surface area (Å²) in [4.78, 5) is 0. The Morgan fingerprint density at radius 2 is 1.72 bits per heavy atom. The smallest absolute Gasteiger partial charge is 0.0807 e. The van der Waals surface area contributed by atoms with Crippen molar-refractivity contribution < 1.29 is 4.74 Å². The van der Waals surface area contributed by atoms with E-state index in [9.17, 15) is 0 Å². The van der Waals surface area contributed by atoms with E-state index in [1.807, 2.05) is 0 Å². The fourth-order valence-electron chi connectivity index (χ4n) is 3.09. The third kappa shape index (κ3) is 5.71. The van der Waals surface area contributed by atoms with Crippen LogP contribution in [0.4, 0.5) is 0 Å². The molecule has 2 nitrogen and oxygen atoms in total. The fraction of sp³-hybridized carbons (Fsp3) is 1.00. The average molecular weight is 255 g/mol. The van der Waals surface area contributed by atoms with Crippen molar-refractivity contribution in [1.82, 2.24) is 0 Å². The van der Waals surface area contributed by atoms with E-state index in [0.717, 1.165) is 0 Å². The maximum atomic E-state index is 6.36. The average Bonchev–Trinajstić information content (AvgIpc) is 2.61. The van der Waals surface area contributed by atoms with Crippen LogP contribution in [0, 0.1) is 0 Å². The Hall–Kier alpha value is -0.0800. The van der Waals surface area contributed by atoms with Crippen LogP contribution < -0.4 is 5.73 Å². The molecule has 0 spiro atoms. The summed E-state index contributed by atoms with van der Waals surface area (Å²) in [6, 6.07) is 0. The highest BCUT2D eigenvalue weighted by atomic mass is 16.5. The van der Waals surface area contributed by atoms with Gasteiger partial charge in [-0.1, -0.05) is 58.3 Å². The molecule has 0 aromatic carbocycles. The summed E-state index contributed by atoms with van der Waals surface area (Å²) < 4.78 is 6.36. The standard InChI is InChI=1S/C16H33NO/c1-3-4-5-8-11-15(2)18-16(14-17)12-9-6-7-10-13-16/h15H,3-14,17H2,1-2H3. The quantitative estimate of drug-likeness (QED) is 0.515. The lowest BCUT2D eigenvalue weighted by Crippen LogP contribution is -2.42.